The minimum absolute atomic E-state index is 0.00630. The molecule has 1 amide bonds. The van der Waals surface area contributed by atoms with E-state index in [0.717, 1.165) is 22.9 Å². The lowest BCUT2D eigenvalue weighted by Gasteiger charge is -2.21. The molecule has 2 rings (SSSR count). The summed E-state index contributed by atoms with van der Waals surface area (Å²) in [6, 6.07) is 10.1. The number of pyridine rings is 1. The van der Waals surface area contributed by atoms with Crippen LogP contribution in [0.15, 0.2) is 36.5 Å². The average molecular weight is 271 g/mol. The maximum atomic E-state index is 11.9. The van der Waals surface area contributed by atoms with E-state index in [1.54, 1.807) is 6.20 Å². The third-order valence-electron chi connectivity index (χ3n) is 3.52. The van der Waals surface area contributed by atoms with Crippen molar-refractivity contribution >= 4 is 16.8 Å². The van der Waals surface area contributed by atoms with Crippen LogP contribution in [-0.2, 0) is 11.2 Å². The summed E-state index contributed by atoms with van der Waals surface area (Å²) in [5.41, 5.74) is 7.23. The zero-order valence-electron chi connectivity index (χ0n) is 12.0. The first-order valence-electron chi connectivity index (χ1n) is 6.85. The first-order valence-corrected chi connectivity index (χ1v) is 6.85. The number of nitrogens with one attached hydrogen (secondary N) is 1. The summed E-state index contributed by atoms with van der Waals surface area (Å²) in [5, 5.41) is 4.06. The number of hydrogen-bond donors (Lipinski definition) is 2. The van der Waals surface area contributed by atoms with Gasteiger partial charge in [0.05, 0.1) is 10.9 Å². The van der Waals surface area contributed by atoms with Crippen molar-refractivity contribution in [3.8, 4) is 0 Å². The molecule has 0 atom stereocenters. The Morgan fingerprint density at radius 1 is 1.30 bits per heavy atom. The van der Waals surface area contributed by atoms with E-state index in [4.69, 9.17) is 5.73 Å². The molecule has 0 spiro atoms. The fourth-order valence-electron chi connectivity index (χ4n) is 2.01. The van der Waals surface area contributed by atoms with Crippen molar-refractivity contribution in [2.75, 3.05) is 13.1 Å². The van der Waals surface area contributed by atoms with Crippen LogP contribution in [0.25, 0.3) is 10.9 Å². The summed E-state index contributed by atoms with van der Waals surface area (Å²) in [6.45, 7) is 4.64. The second-order valence-electron chi connectivity index (χ2n) is 5.59. The second kappa shape index (κ2) is 6.01. The molecule has 0 aliphatic heterocycles. The number of carbonyl (C=O) groups is 1. The third-order valence-corrected chi connectivity index (χ3v) is 3.52. The number of aromatic nitrogens is 1. The molecule has 0 saturated carbocycles. The van der Waals surface area contributed by atoms with Gasteiger partial charge < -0.3 is 11.1 Å². The predicted molar refractivity (Wildman–Crippen MR) is 81.3 cm³/mol. The molecule has 106 valence electrons. The lowest BCUT2D eigenvalue weighted by atomic mass is 9.92. The summed E-state index contributed by atoms with van der Waals surface area (Å²) < 4.78 is 0. The molecule has 4 heteroatoms. The van der Waals surface area contributed by atoms with Crippen LogP contribution in [0, 0.1) is 5.41 Å². The summed E-state index contributed by atoms with van der Waals surface area (Å²) in [7, 11) is 0. The fraction of sp³-hybridized carbons (Fsp3) is 0.375. The van der Waals surface area contributed by atoms with Crippen molar-refractivity contribution in [3.63, 3.8) is 0 Å². The number of rotatable bonds is 5. The number of hydrogen-bond acceptors (Lipinski definition) is 3. The smallest absolute Gasteiger partial charge is 0.226 e. The Kier molecular flexibility index (Phi) is 4.35. The summed E-state index contributed by atoms with van der Waals surface area (Å²) in [4.78, 5) is 16.4. The number of amides is 1. The highest BCUT2D eigenvalue weighted by atomic mass is 16.2. The lowest BCUT2D eigenvalue weighted by molar-refractivity contribution is -0.128. The molecule has 2 aromatic rings. The minimum Gasteiger partial charge on any atom is -0.355 e. The highest BCUT2D eigenvalue weighted by Gasteiger charge is 2.25. The molecular weight excluding hydrogens is 250 g/mol. The van der Waals surface area contributed by atoms with Gasteiger partial charge in [-0.3, -0.25) is 9.78 Å². The molecule has 20 heavy (non-hydrogen) atoms. The molecule has 3 N–H and O–H groups in total. The Hall–Kier alpha value is -1.94. The number of nitrogens with two attached hydrogens (primary N) is 1. The molecular formula is C16H21N3O. The van der Waals surface area contributed by atoms with Crippen LogP contribution in [0.5, 0.6) is 0 Å². The highest BCUT2D eigenvalue weighted by molar-refractivity contribution is 5.83. The van der Waals surface area contributed by atoms with E-state index in [-0.39, 0.29) is 5.91 Å². The van der Waals surface area contributed by atoms with Gasteiger partial charge in [0.25, 0.3) is 0 Å². The quantitative estimate of drug-likeness (QED) is 0.872. The highest BCUT2D eigenvalue weighted by Crippen LogP contribution is 2.16. The van der Waals surface area contributed by atoms with Crippen LogP contribution in [0.3, 0.4) is 0 Å². The molecule has 0 aliphatic rings. The fourth-order valence-corrected chi connectivity index (χ4v) is 2.01. The Labute approximate surface area is 119 Å². The van der Waals surface area contributed by atoms with Gasteiger partial charge in [0.15, 0.2) is 0 Å². The normalized spacial score (nSPS) is 11.6. The molecule has 1 heterocycles. The molecule has 0 fully saturated rings. The molecule has 0 unspecified atom stereocenters. The Morgan fingerprint density at radius 2 is 2.05 bits per heavy atom. The number of benzene rings is 1. The van der Waals surface area contributed by atoms with Crippen LogP contribution in [0.2, 0.25) is 0 Å². The maximum Gasteiger partial charge on any atom is 0.226 e. The predicted octanol–water partition coefficient (Wildman–Crippen LogP) is 1.88. The number of fused-ring (bicyclic) bond motifs is 1. The minimum atomic E-state index is -0.517. The van der Waals surface area contributed by atoms with Gasteiger partial charge in [-0.1, -0.05) is 24.3 Å². The maximum absolute atomic E-state index is 11.9. The molecule has 0 bridgehead atoms. The van der Waals surface area contributed by atoms with E-state index < -0.39 is 5.41 Å². The van der Waals surface area contributed by atoms with Crippen molar-refractivity contribution in [1.82, 2.24) is 10.3 Å². The summed E-state index contributed by atoms with van der Waals surface area (Å²) in [5.74, 6) is -0.00630. The number of para-hydroxylation sites is 1. The summed E-state index contributed by atoms with van der Waals surface area (Å²) in [6.07, 6.45) is 2.56. The van der Waals surface area contributed by atoms with Gasteiger partial charge >= 0.3 is 0 Å². The largest absolute Gasteiger partial charge is 0.355 e. The molecule has 4 nitrogen and oxygen atoms in total. The monoisotopic (exact) mass is 271 g/mol. The Bertz CT molecular complexity index is 602. The van der Waals surface area contributed by atoms with Gasteiger partial charge in [-0.25, -0.2) is 0 Å². The van der Waals surface area contributed by atoms with Crippen molar-refractivity contribution in [3.05, 3.63) is 42.1 Å². The first kappa shape index (κ1) is 14.5. The Balaban J connectivity index is 2.02. The SMILES string of the molecule is CC(C)(CN)C(=O)NCCc1cccc2cccnc12. The zero-order chi connectivity index (χ0) is 14.6. The van der Waals surface area contributed by atoms with Gasteiger partial charge in [0.2, 0.25) is 5.91 Å². The van der Waals surface area contributed by atoms with Crippen LogP contribution < -0.4 is 11.1 Å². The second-order valence-corrected chi connectivity index (χ2v) is 5.59. The summed E-state index contributed by atoms with van der Waals surface area (Å²) >= 11 is 0. The van der Waals surface area contributed by atoms with Crippen molar-refractivity contribution in [2.45, 2.75) is 20.3 Å². The van der Waals surface area contributed by atoms with Crippen LogP contribution in [0.4, 0.5) is 0 Å². The van der Waals surface area contributed by atoms with Crippen LogP contribution >= 0.6 is 0 Å². The third kappa shape index (κ3) is 3.14. The van der Waals surface area contributed by atoms with Gasteiger partial charge in [-0.2, -0.15) is 0 Å². The van der Waals surface area contributed by atoms with Crippen molar-refractivity contribution in [1.29, 1.82) is 0 Å². The van der Waals surface area contributed by atoms with Crippen molar-refractivity contribution < 1.29 is 4.79 Å². The van der Waals surface area contributed by atoms with E-state index >= 15 is 0 Å². The first-order chi connectivity index (χ1) is 9.54. The van der Waals surface area contributed by atoms with E-state index in [0.29, 0.717) is 13.1 Å². The van der Waals surface area contributed by atoms with Crippen LogP contribution in [-0.4, -0.2) is 24.0 Å². The van der Waals surface area contributed by atoms with E-state index in [9.17, 15) is 4.79 Å². The average Bonchev–Trinajstić information content (AvgIpc) is 2.47. The zero-order valence-corrected chi connectivity index (χ0v) is 12.0. The number of nitrogens with zero attached hydrogens (tertiary/aromatic N) is 1. The Morgan fingerprint density at radius 3 is 2.80 bits per heavy atom. The molecule has 1 aromatic heterocycles. The van der Waals surface area contributed by atoms with Gasteiger partial charge in [0.1, 0.15) is 0 Å². The topological polar surface area (TPSA) is 68.0 Å². The molecule has 0 radical (unpaired) electrons. The van der Waals surface area contributed by atoms with E-state index in [1.165, 1.54) is 0 Å². The number of carbonyl (C=O) groups excluding carboxylic acids is 1. The van der Waals surface area contributed by atoms with Gasteiger partial charge in [-0.15, -0.1) is 0 Å². The van der Waals surface area contributed by atoms with Crippen molar-refractivity contribution in [2.24, 2.45) is 11.1 Å². The molecule has 1 aromatic carbocycles. The van der Waals surface area contributed by atoms with Crippen LogP contribution in [0.1, 0.15) is 19.4 Å². The van der Waals surface area contributed by atoms with Gasteiger partial charge in [-0.05, 0) is 31.9 Å². The van der Waals surface area contributed by atoms with Gasteiger partial charge in [0, 0.05) is 24.7 Å². The molecule has 0 saturated heterocycles. The standard InChI is InChI=1S/C16H21N3O/c1-16(2,11-17)15(20)19-10-8-13-6-3-5-12-7-4-9-18-14(12)13/h3-7,9H,8,10-11,17H2,1-2H3,(H,19,20). The lowest BCUT2D eigenvalue weighted by Crippen LogP contribution is -2.42. The molecule has 0 aliphatic carbocycles. The van der Waals surface area contributed by atoms with E-state index in [1.807, 2.05) is 38.1 Å². The van der Waals surface area contributed by atoms with E-state index in [2.05, 4.69) is 16.4 Å².